The van der Waals surface area contributed by atoms with E-state index in [4.69, 9.17) is 5.11 Å². The van der Waals surface area contributed by atoms with Gasteiger partial charge >= 0.3 is 5.97 Å². The third-order valence-corrected chi connectivity index (χ3v) is 5.07. The number of carbonyl (C=O) groups is 2. The molecule has 1 amide bonds. The Morgan fingerprint density at radius 3 is 2.71 bits per heavy atom. The maximum atomic E-state index is 12.6. The highest BCUT2D eigenvalue weighted by molar-refractivity contribution is 7.99. The Morgan fingerprint density at radius 1 is 1.18 bits per heavy atom. The zero-order valence-electron chi connectivity index (χ0n) is 15.2. The molecule has 0 aliphatic rings. The van der Waals surface area contributed by atoms with Gasteiger partial charge in [-0.2, -0.15) is 0 Å². The van der Waals surface area contributed by atoms with Gasteiger partial charge in [0.2, 0.25) is 5.91 Å². The Hall–Kier alpha value is -3.13. The normalized spacial score (nSPS) is 10.8. The van der Waals surface area contributed by atoms with Crippen molar-refractivity contribution in [3.63, 3.8) is 0 Å². The lowest BCUT2D eigenvalue weighted by atomic mass is 10.2. The minimum Gasteiger partial charge on any atom is -0.478 e. The van der Waals surface area contributed by atoms with Gasteiger partial charge in [0, 0.05) is 24.4 Å². The molecule has 0 spiro atoms. The standard InChI is InChI=1S/C20H19N3O4S/c1-2-23-18(25)15-8-3-4-9-16(15)22-20(23)28-11-10-17(24)21-14-7-5-6-13(12-14)19(26)27/h3-9,12H,2,10-11H2,1H3,(H,21,24)(H,26,27). The van der Waals surface area contributed by atoms with Gasteiger partial charge in [0.15, 0.2) is 5.16 Å². The van der Waals surface area contributed by atoms with Crippen LogP contribution < -0.4 is 10.9 Å². The maximum absolute atomic E-state index is 12.6. The molecule has 144 valence electrons. The summed E-state index contributed by atoms with van der Waals surface area (Å²) in [6, 6.07) is 13.3. The number of hydrogen-bond acceptors (Lipinski definition) is 5. The SMILES string of the molecule is CCn1c(SCCC(=O)Nc2cccc(C(=O)O)c2)nc2ccccc2c1=O. The molecule has 2 aromatic carbocycles. The van der Waals surface area contributed by atoms with Gasteiger partial charge in [0.1, 0.15) is 0 Å². The van der Waals surface area contributed by atoms with Crippen molar-refractivity contribution in [2.45, 2.75) is 25.0 Å². The van der Waals surface area contributed by atoms with Crippen LogP contribution in [0.4, 0.5) is 5.69 Å². The van der Waals surface area contributed by atoms with Gasteiger partial charge in [0.25, 0.3) is 5.56 Å². The molecular formula is C20H19N3O4S. The number of para-hydroxylation sites is 1. The number of nitrogens with zero attached hydrogens (tertiary/aromatic N) is 2. The number of anilines is 1. The minimum absolute atomic E-state index is 0.0921. The van der Waals surface area contributed by atoms with E-state index in [-0.39, 0.29) is 23.5 Å². The molecule has 8 heteroatoms. The minimum atomic E-state index is -1.05. The summed E-state index contributed by atoms with van der Waals surface area (Å²) in [5.74, 6) is -0.845. The third kappa shape index (κ3) is 4.40. The first-order chi connectivity index (χ1) is 13.5. The van der Waals surface area contributed by atoms with E-state index in [1.807, 2.05) is 19.1 Å². The molecule has 0 aliphatic heterocycles. The number of rotatable bonds is 7. The van der Waals surface area contributed by atoms with Crippen molar-refractivity contribution < 1.29 is 14.7 Å². The van der Waals surface area contributed by atoms with Crippen LogP contribution in [-0.2, 0) is 11.3 Å². The number of fused-ring (bicyclic) bond motifs is 1. The van der Waals surface area contributed by atoms with E-state index in [1.165, 1.54) is 23.9 Å². The molecule has 0 atom stereocenters. The monoisotopic (exact) mass is 397 g/mol. The molecule has 0 bridgehead atoms. The number of amides is 1. The van der Waals surface area contributed by atoms with Gasteiger partial charge < -0.3 is 10.4 Å². The number of aromatic nitrogens is 2. The fourth-order valence-electron chi connectivity index (χ4n) is 2.73. The molecule has 0 saturated heterocycles. The molecule has 7 nitrogen and oxygen atoms in total. The summed E-state index contributed by atoms with van der Waals surface area (Å²) in [6.45, 7) is 2.37. The van der Waals surface area contributed by atoms with Crippen LogP contribution in [0.1, 0.15) is 23.7 Å². The van der Waals surface area contributed by atoms with Crippen LogP contribution in [0.15, 0.2) is 58.5 Å². The van der Waals surface area contributed by atoms with Crippen LogP contribution in [0.5, 0.6) is 0 Å². The van der Waals surface area contributed by atoms with Crippen molar-refractivity contribution in [1.29, 1.82) is 0 Å². The van der Waals surface area contributed by atoms with Crippen molar-refractivity contribution in [3.8, 4) is 0 Å². The predicted molar refractivity (Wildman–Crippen MR) is 109 cm³/mol. The zero-order valence-corrected chi connectivity index (χ0v) is 16.0. The lowest BCUT2D eigenvalue weighted by Crippen LogP contribution is -2.22. The van der Waals surface area contributed by atoms with E-state index in [1.54, 1.807) is 28.8 Å². The first kappa shape index (κ1) is 19.6. The van der Waals surface area contributed by atoms with Crippen molar-refractivity contribution in [3.05, 3.63) is 64.4 Å². The Kier molecular flexibility index (Phi) is 6.10. The molecule has 0 fully saturated rings. The van der Waals surface area contributed by atoms with E-state index >= 15 is 0 Å². The van der Waals surface area contributed by atoms with Gasteiger partial charge in [0.05, 0.1) is 16.5 Å². The molecule has 0 radical (unpaired) electrons. The fourth-order valence-corrected chi connectivity index (χ4v) is 3.73. The lowest BCUT2D eigenvalue weighted by molar-refractivity contribution is -0.115. The number of aromatic carboxylic acids is 1. The van der Waals surface area contributed by atoms with Crippen LogP contribution >= 0.6 is 11.8 Å². The van der Waals surface area contributed by atoms with Crippen molar-refractivity contribution in [1.82, 2.24) is 9.55 Å². The summed E-state index contributed by atoms with van der Waals surface area (Å²) >= 11 is 1.34. The topological polar surface area (TPSA) is 101 Å². The number of nitrogens with one attached hydrogen (secondary N) is 1. The van der Waals surface area contributed by atoms with Crippen LogP contribution in [0.3, 0.4) is 0 Å². The smallest absolute Gasteiger partial charge is 0.335 e. The number of thioether (sulfide) groups is 1. The summed E-state index contributed by atoms with van der Waals surface area (Å²) in [5, 5.41) is 12.8. The highest BCUT2D eigenvalue weighted by Gasteiger charge is 2.11. The Balaban J connectivity index is 1.66. The van der Waals surface area contributed by atoms with Gasteiger partial charge in [-0.25, -0.2) is 9.78 Å². The average Bonchev–Trinajstić information content (AvgIpc) is 2.68. The number of hydrogen-bond donors (Lipinski definition) is 2. The average molecular weight is 397 g/mol. The van der Waals surface area contributed by atoms with Gasteiger partial charge in [-0.1, -0.05) is 30.0 Å². The number of benzene rings is 2. The summed E-state index contributed by atoms with van der Waals surface area (Å²) in [7, 11) is 0. The van der Waals surface area contributed by atoms with Crippen LogP contribution in [0, 0.1) is 0 Å². The summed E-state index contributed by atoms with van der Waals surface area (Å²) in [4.78, 5) is 40.3. The fraction of sp³-hybridized carbons (Fsp3) is 0.200. The number of carbonyl (C=O) groups excluding carboxylic acids is 1. The lowest BCUT2D eigenvalue weighted by Gasteiger charge is -2.11. The van der Waals surface area contributed by atoms with E-state index in [0.29, 0.717) is 34.0 Å². The molecule has 0 unspecified atom stereocenters. The molecule has 0 aliphatic carbocycles. The van der Waals surface area contributed by atoms with Gasteiger partial charge in [-0.05, 0) is 37.3 Å². The second-order valence-corrected chi connectivity index (χ2v) is 7.06. The Labute approximate surface area is 165 Å². The third-order valence-electron chi connectivity index (χ3n) is 4.10. The summed E-state index contributed by atoms with van der Waals surface area (Å²) in [5.41, 5.74) is 1.09. The molecule has 28 heavy (non-hydrogen) atoms. The molecular weight excluding hydrogens is 378 g/mol. The van der Waals surface area contributed by atoms with E-state index < -0.39 is 5.97 Å². The first-order valence-electron chi connectivity index (χ1n) is 8.75. The second-order valence-electron chi connectivity index (χ2n) is 5.99. The van der Waals surface area contributed by atoms with E-state index in [9.17, 15) is 14.4 Å². The van der Waals surface area contributed by atoms with Crippen molar-refractivity contribution in [2.24, 2.45) is 0 Å². The highest BCUT2D eigenvalue weighted by Crippen LogP contribution is 2.19. The molecule has 3 aromatic rings. The Morgan fingerprint density at radius 2 is 1.96 bits per heavy atom. The van der Waals surface area contributed by atoms with Crippen LogP contribution in [0.25, 0.3) is 10.9 Å². The predicted octanol–water partition coefficient (Wildman–Crippen LogP) is 3.24. The number of carboxylic acids is 1. The largest absolute Gasteiger partial charge is 0.478 e. The Bertz CT molecular complexity index is 1090. The maximum Gasteiger partial charge on any atom is 0.335 e. The van der Waals surface area contributed by atoms with E-state index in [2.05, 4.69) is 10.3 Å². The van der Waals surface area contributed by atoms with Crippen molar-refractivity contribution in [2.75, 3.05) is 11.1 Å². The number of carboxylic acid groups (broad SMARTS) is 1. The van der Waals surface area contributed by atoms with Crippen LogP contribution in [0.2, 0.25) is 0 Å². The zero-order chi connectivity index (χ0) is 20.1. The first-order valence-corrected chi connectivity index (χ1v) is 9.73. The van der Waals surface area contributed by atoms with E-state index in [0.717, 1.165) is 0 Å². The second kappa shape index (κ2) is 8.71. The highest BCUT2D eigenvalue weighted by atomic mass is 32.2. The quantitative estimate of drug-likeness (QED) is 0.469. The van der Waals surface area contributed by atoms with Crippen LogP contribution in [-0.4, -0.2) is 32.3 Å². The molecule has 1 aromatic heterocycles. The van der Waals surface area contributed by atoms with Crippen molar-refractivity contribution >= 4 is 40.2 Å². The summed E-state index contributed by atoms with van der Waals surface area (Å²) < 4.78 is 1.60. The molecule has 2 N–H and O–H groups in total. The van der Waals surface area contributed by atoms with Gasteiger partial charge in [-0.3, -0.25) is 14.2 Å². The molecule has 3 rings (SSSR count). The molecule has 1 heterocycles. The van der Waals surface area contributed by atoms with Gasteiger partial charge in [-0.15, -0.1) is 0 Å². The molecule has 0 saturated carbocycles. The summed E-state index contributed by atoms with van der Waals surface area (Å²) in [6.07, 6.45) is 0.203.